The molecule has 0 bridgehead atoms. The maximum absolute atomic E-state index is 11.4. The van der Waals surface area contributed by atoms with Crippen molar-refractivity contribution >= 4 is 52.0 Å². The average molecular weight is 1770 g/mol. The van der Waals surface area contributed by atoms with Crippen LogP contribution in [0.25, 0.3) is 38.8 Å². The van der Waals surface area contributed by atoms with Gasteiger partial charge in [0, 0.05) is 111 Å². The van der Waals surface area contributed by atoms with Crippen molar-refractivity contribution in [3.63, 3.8) is 0 Å². The molecule has 0 saturated heterocycles. The molecule has 0 fully saturated rings. The summed E-state index contributed by atoms with van der Waals surface area (Å²) < 4.78 is 188. The second kappa shape index (κ2) is 64.2. The predicted octanol–water partition coefficient (Wildman–Crippen LogP) is -3.05. The molecule has 0 amide bonds. The summed E-state index contributed by atoms with van der Waals surface area (Å²) in [4.78, 5) is 35.0. The first kappa shape index (κ1) is 117. The monoisotopic (exact) mass is 1770 g/mol. The van der Waals surface area contributed by atoms with Crippen LogP contribution in [0.2, 0.25) is 0 Å². The van der Waals surface area contributed by atoms with Gasteiger partial charge in [-0.15, -0.1) is 0 Å². The van der Waals surface area contributed by atoms with Gasteiger partial charge in [0.1, 0.15) is 52.6 Å². The molecule has 40 nitrogen and oxygen atoms in total. The number of hydrogen-bond acceptors (Lipinski definition) is 31. The number of unbranched alkanes of at least 4 members (excludes halogenated alkanes) is 1. The Morgan fingerprint density at radius 3 is 1.03 bits per heavy atom. The van der Waals surface area contributed by atoms with Gasteiger partial charge in [-0.2, -0.15) is 65.4 Å². The first-order valence-corrected chi connectivity index (χ1v) is 40.0. The minimum atomic E-state index is -4.85. The van der Waals surface area contributed by atoms with Crippen molar-refractivity contribution in [2.24, 2.45) is 0 Å². The Bertz CT molecular complexity index is 4320. The van der Waals surface area contributed by atoms with Crippen molar-refractivity contribution in [3.05, 3.63) is 231 Å². The Kier molecular flexibility index (Phi) is 65.1. The molecule has 0 unspecified atom stereocenters. The van der Waals surface area contributed by atoms with Crippen molar-refractivity contribution in [1.29, 1.82) is 0 Å². The van der Waals surface area contributed by atoms with Crippen molar-refractivity contribution in [3.8, 4) is 0 Å². The average Bonchev–Trinajstić information content (AvgIpc) is 0.860. The zero-order valence-corrected chi connectivity index (χ0v) is 78.2. The number of allylic oxidation sites excluding steroid dienone is 20. The minimum Gasteiger partial charge on any atom is -0.726 e. The number of hydrogen-bond donors (Lipinski definition) is 5. The number of nitrogens with one attached hydrogen (secondary N) is 1. The van der Waals surface area contributed by atoms with Gasteiger partial charge in [-0.05, 0) is 122 Å². The van der Waals surface area contributed by atoms with Crippen molar-refractivity contribution in [1.82, 2.24) is 30.0 Å². The van der Waals surface area contributed by atoms with Crippen LogP contribution in [0, 0.1) is 52.6 Å². The molecule has 5 N–H and O–H groups in total. The molecule has 0 aromatic heterocycles. The molecule has 0 radical (unpaired) electrons. The summed E-state index contributed by atoms with van der Waals surface area (Å²) in [5.74, 6) is 0.0193. The van der Waals surface area contributed by atoms with E-state index in [1.165, 1.54) is 0 Å². The van der Waals surface area contributed by atoms with E-state index in [1.54, 1.807) is 60.1 Å². The quantitative estimate of drug-likeness (QED) is 0.0101. The van der Waals surface area contributed by atoms with Crippen molar-refractivity contribution < 1.29 is 247 Å². The van der Waals surface area contributed by atoms with Crippen LogP contribution in [0.15, 0.2) is 140 Å². The maximum atomic E-state index is 11.4. The maximum Gasteiger partial charge on any atom is 1.00 e. The molecule has 4 aliphatic rings. The third kappa shape index (κ3) is 52.9. The van der Waals surface area contributed by atoms with Gasteiger partial charge in [0.2, 0.25) is 31.2 Å². The van der Waals surface area contributed by atoms with Gasteiger partial charge < -0.3 is 62.8 Å². The second-order valence-corrected chi connectivity index (χ2v) is 27.8. The third-order valence-corrected chi connectivity index (χ3v) is 17.1. The zero-order chi connectivity index (χ0) is 85.1. The Morgan fingerprint density at radius 2 is 0.696 bits per heavy atom. The molecule has 0 spiro atoms. The van der Waals surface area contributed by atoms with Gasteiger partial charge in [0.05, 0.1) is 102 Å². The minimum absolute atomic E-state index is 0. The van der Waals surface area contributed by atoms with E-state index >= 15 is 0 Å². The molecule has 0 aromatic rings. The SMILES string of the molecule is OCCCCO.[C-]#[N+]C([N+]#[C-])=C1C=C(C)N(CCCN(CCOS(=O)(=O)[O-])CCOS(=O)(=O)O)C(C)=C1.[C-]#[N+]C([N+]#[C-])=C1C=C(C)N(CCOCCOCCOCCOS(=O)(=O)[O-])C(C)=C1.[C-]#[N+]C([N+]#[C-])=C1C=C(C)N(CCOS(=O)(=O)ONCCO)C(C)=C1.[C-]#[N+]C([N+]#[C-])=C1C=C(CC)N(CCOS(=O)(=O)[O-])C(CC)=C1.[K+].[K+].[Na+]. The van der Waals surface area contributed by atoms with Gasteiger partial charge in [0.15, 0.2) is 0 Å². The molecule has 48 heteroatoms. The number of hydroxylamine groups is 1. The summed E-state index contributed by atoms with van der Waals surface area (Å²) in [6, 6.07) is 0. The molecular weight excluding hydrogens is 1680 g/mol. The first-order valence-electron chi connectivity index (χ1n) is 33.4. The molecule has 0 aliphatic carbocycles. The topological polar surface area (TPSA) is 467 Å². The first-order chi connectivity index (χ1) is 52.8. The normalized spacial score (nSPS) is 13.8. The van der Waals surface area contributed by atoms with Crippen LogP contribution in [-0.2, 0) is 91.4 Å². The van der Waals surface area contributed by atoms with Gasteiger partial charge in [-0.1, -0.05) is 13.8 Å². The summed E-state index contributed by atoms with van der Waals surface area (Å²) in [6.45, 7) is 73.6. The van der Waals surface area contributed by atoms with Crippen LogP contribution >= 0.6 is 0 Å². The Morgan fingerprint density at radius 1 is 0.400 bits per heavy atom. The van der Waals surface area contributed by atoms with E-state index in [9.17, 15) is 55.7 Å². The summed E-state index contributed by atoms with van der Waals surface area (Å²) in [7, 11) is -23.0. The fourth-order valence-electron chi connectivity index (χ4n) is 9.67. The summed E-state index contributed by atoms with van der Waals surface area (Å²) >= 11 is 0. The molecule has 4 rings (SSSR count). The molecular formula is C67H91K2N14NaO26S5. The summed E-state index contributed by atoms with van der Waals surface area (Å²) in [6.07, 6.45) is 17.2. The smallest absolute Gasteiger partial charge is 0.726 e. The fourth-order valence-corrected chi connectivity index (χ4v) is 11.3. The van der Waals surface area contributed by atoms with E-state index in [0.29, 0.717) is 87.6 Å². The number of aliphatic hydroxyl groups is 3. The molecule has 0 saturated carbocycles. The number of aliphatic hydroxyl groups excluding tert-OH is 3. The van der Waals surface area contributed by atoms with E-state index in [0.717, 1.165) is 58.4 Å². The van der Waals surface area contributed by atoms with Gasteiger partial charge in [0.25, 0.3) is 0 Å². The van der Waals surface area contributed by atoms with Crippen LogP contribution in [0.4, 0.5) is 0 Å². The summed E-state index contributed by atoms with van der Waals surface area (Å²) in [5.41, 5.74) is 11.0. The van der Waals surface area contributed by atoms with Gasteiger partial charge >= 0.3 is 176 Å². The Labute approximate surface area is 783 Å². The van der Waals surface area contributed by atoms with Crippen LogP contribution in [-0.4, -0.2) is 245 Å². The van der Waals surface area contributed by atoms with E-state index in [2.05, 4.69) is 65.3 Å². The number of nitrogens with zero attached hydrogens (tertiary/aromatic N) is 13. The van der Waals surface area contributed by atoms with Crippen molar-refractivity contribution in [2.75, 3.05) is 145 Å². The second-order valence-electron chi connectivity index (χ2n) is 22.4. The van der Waals surface area contributed by atoms with E-state index in [4.69, 9.17) is 90.8 Å². The molecule has 0 atom stereocenters. The molecule has 4 heterocycles. The summed E-state index contributed by atoms with van der Waals surface area (Å²) in [5, 5.41) is 24.7. The third-order valence-electron chi connectivity index (χ3n) is 14.5. The van der Waals surface area contributed by atoms with E-state index < -0.39 is 58.6 Å². The molecule has 115 heavy (non-hydrogen) atoms. The van der Waals surface area contributed by atoms with Crippen molar-refractivity contribution in [2.45, 2.75) is 87.5 Å². The Balaban J connectivity index is -0.000000695. The number of rotatable bonds is 42. The molecule has 4 aliphatic heterocycles. The van der Waals surface area contributed by atoms with E-state index in [1.807, 2.05) is 68.4 Å². The van der Waals surface area contributed by atoms with Crippen LogP contribution < -0.4 is 138 Å². The van der Waals surface area contributed by atoms with Gasteiger partial charge in [-0.3, -0.25) is 22.0 Å². The molecule has 0 aromatic carbocycles. The van der Waals surface area contributed by atoms with Crippen LogP contribution in [0.5, 0.6) is 0 Å². The zero-order valence-electron chi connectivity index (χ0n) is 65.8. The molecule has 618 valence electrons. The van der Waals surface area contributed by atoms with Crippen LogP contribution in [0.3, 0.4) is 0 Å². The predicted molar refractivity (Wildman–Crippen MR) is 399 cm³/mol. The Hall–Kier alpha value is -4.70. The van der Waals surface area contributed by atoms with Crippen LogP contribution in [0.1, 0.15) is 87.5 Å². The van der Waals surface area contributed by atoms with Gasteiger partial charge in [-0.25, -0.2) is 33.6 Å². The largest absolute Gasteiger partial charge is 1.00 e. The standard InChI is InChI=1S/C18H25N3O7S.C17H24N4O8S2.C14H18N4O5S.C14H17N3O4S.C4H10O2.2K.Na/c1-15-13-17(18(19-3)20-4)14-16(2)21(15)5-6-25-7-8-26-9-10-27-11-12-28-29(22,23)24;1-14-12-16(17(18-3)19-4)13-15(2)21(14)7-5-6-20(8-10-28-30(22,23)24)9-11-29-31(25,26)27;1-11-9-13(14(15-3)16-4)10-12(2)18(11)6-8-22-24(20,21)23-17-5-7-19;1-5-12-9-11(14(15-3)16-4)10-13(6-2)17(12)7-8-21-22(18,19)20;5-3-1-2-4-6;;;/h13-14H,5-12H2,1-2H3,(H,22,23,24);12-13H,5-11H2,1-2H3,(H,22,23,24)(H,25,26,27);9-10,17,19H,5-8H2,1-2H3;9-10H,5-8H2,1-2H3,(H,18,19,20);5-6H,1-4H2;;;/q;;;;;3*+1/p-3. The van der Waals surface area contributed by atoms with E-state index in [-0.39, 0.29) is 248 Å². The number of ether oxygens (including phenoxy) is 3. The fraction of sp³-hybridized carbons (Fsp3) is 0.522.